The maximum Gasteiger partial charge on any atom is 0.354 e. The van der Waals surface area contributed by atoms with Gasteiger partial charge in [0.1, 0.15) is 11.4 Å². The van der Waals surface area contributed by atoms with Crippen LogP contribution in [0.1, 0.15) is 23.6 Å². The number of hydrogen-bond donors (Lipinski definition) is 1. The molecule has 0 unspecified atom stereocenters. The van der Waals surface area contributed by atoms with Crippen LogP contribution >= 0.6 is 0 Å². The summed E-state index contributed by atoms with van der Waals surface area (Å²) in [4.78, 5) is 11.5. The molecule has 0 saturated carbocycles. The van der Waals surface area contributed by atoms with Crippen molar-refractivity contribution < 1.29 is 14.3 Å². The van der Waals surface area contributed by atoms with E-state index in [9.17, 15) is 4.79 Å². The number of nitrogens with two attached hydrogens (primary N) is 1. The third-order valence-corrected chi connectivity index (χ3v) is 2.71. The lowest BCUT2D eigenvalue weighted by Crippen LogP contribution is -2.14. The van der Waals surface area contributed by atoms with Crippen LogP contribution in [-0.4, -0.2) is 19.7 Å². The van der Waals surface area contributed by atoms with E-state index in [-0.39, 0.29) is 5.70 Å². The Bertz CT molecular complexity index is 478. The van der Waals surface area contributed by atoms with Crippen LogP contribution in [0.15, 0.2) is 17.8 Å². The molecule has 1 aromatic carbocycles. The first-order valence-corrected chi connectivity index (χ1v) is 5.79. The fourth-order valence-corrected chi connectivity index (χ4v) is 1.72. The number of hydrogen-bond acceptors (Lipinski definition) is 4. The number of esters is 1. The van der Waals surface area contributed by atoms with Crippen LogP contribution in [0.5, 0.6) is 5.75 Å². The van der Waals surface area contributed by atoms with Gasteiger partial charge < -0.3 is 15.2 Å². The first-order chi connectivity index (χ1) is 8.51. The molecule has 1 rings (SSSR count). The highest BCUT2D eigenvalue weighted by Gasteiger charge is 2.10. The average Bonchev–Trinajstić information content (AvgIpc) is 2.34. The maximum absolute atomic E-state index is 11.5. The van der Waals surface area contributed by atoms with Gasteiger partial charge in [0.2, 0.25) is 0 Å². The minimum Gasteiger partial charge on any atom is -0.496 e. The van der Waals surface area contributed by atoms with Crippen molar-refractivity contribution in [2.24, 2.45) is 5.73 Å². The zero-order valence-electron chi connectivity index (χ0n) is 11.2. The van der Waals surface area contributed by atoms with Gasteiger partial charge in [0.05, 0.1) is 13.7 Å². The highest BCUT2D eigenvalue weighted by atomic mass is 16.5. The second kappa shape index (κ2) is 6.10. The summed E-state index contributed by atoms with van der Waals surface area (Å²) < 4.78 is 10.1. The fourth-order valence-electron chi connectivity index (χ4n) is 1.72. The lowest BCUT2D eigenvalue weighted by Gasteiger charge is -2.11. The third-order valence-electron chi connectivity index (χ3n) is 2.71. The minimum absolute atomic E-state index is 0.0938. The predicted molar refractivity (Wildman–Crippen MR) is 71.3 cm³/mol. The number of ether oxygens (including phenoxy) is 2. The minimum atomic E-state index is -0.501. The second-order valence-corrected chi connectivity index (χ2v) is 3.94. The molecule has 2 N–H and O–H groups in total. The highest BCUT2D eigenvalue weighted by Crippen LogP contribution is 2.25. The van der Waals surface area contributed by atoms with Gasteiger partial charge >= 0.3 is 5.97 Å². The highest BCUT2D eigenvalue weighted by molar-refractivity contribution is 5.93. The van der Waals surface area contributed by atoms with E-state index in [4.69, 9.17) is 15.2 Å². The molecule has 0 amide bonds. The van der Waals surface area contributed by atoms with E-state index in [0.29, 0.717) is 6.61 Å². The number of carbonyl (C=O) groups is 1. The number of rotatable bonds is 4. The molecule has 0 spiro atoms. The molecule has 0 fully saturated rings. The van der Waals surface area contributed by atoms with Crippen molar-refractivity contribution in [1.82, 2.24) is 0 Å². The van der Waals surface area contributed by atoms with Crippen molar-refractivity contribution >= 4 is 12.0 Å². The predicted octanol–water partition coefficient (Wildman–Crippen LogP) is 2.17. The van der Waals surface area contributed by atoms with Crippen LogP contribution in [0.3, 0.4) is 0 Å². The first-order valence-electron chi connectivity index (χ1n) is 5.79. The average molecular weight is 249 g/mol. The van der Waals surface area contributed by atoms with Crippen molar-refractivity contribution in [1.29, 1.82) is 0 Å². The van der Waals surface area contributed by atoms with Gasteiger partial charge in [-0.15, -0.1) is 0 Å². The standard InChI is InChI=1S/C14H19NO3/c1-5-18-14(16)12(15)8-11-9(2)6-7-13(17-4)10(11)3/h6-8H,5,15H2,1-4H3/b12-8-. The van der Waals surface area contributed by atoms with Gasteiger partial charge in [0.25, 0.3) is 0 Å². The summed E-state index contributed by atoms with van der Waals surface area (Å²) >= 11 is 0. The number of carbonyl (C=O) groups excluding carboxylic acids is 1. The van der Waals surface area contributed by atoms with Crippen molar-refractivity contribution in [2.75, 3.05) is 13.7 Å². The van der Waals surface area contributed by atoms with Crippen LogP contribution < -0.4 is 10.5 Å². The Labute approximate surface area is 107 Å². The first kappa shape index (κ1) is 14.1. The molecule has 0 radical (unpaired) electrons. The largest absolute Gasteiger partial charge is 0.496 e. The van der Waals surface area contributed by atoms with Gasteiger partial charge in [0.15, 0.2) is 0 Å². The van der Waals surface area contributed by atoms with E-state index in [1.165, 1.54) is 0 Å². The Kier molecular flexibility index (Phi) is 4.77. The van der Waals surface area contributed by atoms with E-state index < -0.39 is 5.97 Å². The molecule has 1 aromatic rings. The smallest absolute Gasteiger partial charge is 0.354 e. The van der Waals surface area contributed by atoms with Crippen molar-refractivity contribution in [3.63, 3.8) is 0 Å². The molecule has 0 saturated heterocycles. The second-order valence-electron chi connectivity index (χ2n) is 3.94. The molecule has 0 bridgehead atoms. The summed E-state index contributed by atoms with van der Waals surface area (Å²) in [6, 6.07) is 3.82. The van der Waals surface area contributed by atoms with Gasteiger partial charge in [-0.2, -0.15) is 0 Å². The zero-order chi connectivity index (χ0) is 13.7. The molecule has 4 nitrogen and oxygen atoms in total. The Balaban J connectivity index is 3.17. The molecule has 0 aliphatic rings. The quantitative estimate of drug-likeness (QED) is 0.656. The van der Waals surface area contributed by atoms with Crippen LogP contribution in [0.2, 0.25) is 0 Å². The van der Waals surface area contributed by atoms with E-state index in [1.807, 2.05) is 26.0 Å². The van der Waals surface area contributed by atoms with Gasteiger partial charge in [-0.3, -0.25) is 0 Å². The molecule has 0 aliphatic carbocycles. The van der Waals surface area contributed by atoms with Crippen molar-refractivity contribution in [2.45, 2.75) is 20.8 Å². The Morgan fingerprint density at radius 2 is 2.06 bits per heavy atom. The molecule has 4 heteroatoms. The molecular formula is C14H19NO3. The zero-order valence-corrected chi connectivity index (χ0v) is 11.2. The summed E-state index contributed by atoms with van der Waals surface area (Å²) in [6.45, 7) is 5.93. The van der Waals surface area contributed by atoms with E-state index in [0.717, 1.165) is 22.4 Å². The summed E-state index contributed by atoms with van der Waals surface area (Å²) in [5.41, 5.74) is 8.67. The van der Waals surface area contributed by atoms with Crippen LogP contribution in [0.25, 0.3) is 6.08 Å². The molecule has 18 heavy (non-hydrogen) atoms. The van der Waals surface area contributed by atoms with Gasteiger partial charge in [-0.25, -0.2) is 4.79 Å². The number of benzene rings is 1. The Morgan fingerprint density at radius 3 is 2.61 bits per heavy atom. The van der Waals surface area contributed by atoms with Gasteiger partial charge in [-0.1, -0.05) is 6.07 Å². The molecule has 0 aliphatic heterocycles. The van der Waals surface area contributed by atoms with Crippen molar-refractivity contribution in [3.05, 3.63) is 34.5 Å². The molecule has 0 atom stereocenters. The maximum atomic E-state index is 11.5. The van der Waals surface area contributed by atoms with E-state index >= 15 is 0 Å². The summed E-state index contributed by atoms with van der Waals surface area (Å²) in [5.74, 6) is 0.266. The molecular weight excluding hydrogens is 230 g/mol. The normalized spacial score (nSPS) is 11.2. The molecule has 0 heterocycles. The van der Waals surface area contributed by atoms with Gasteiger partial charge in [-0.05, 0) is 49.6 Å². The number of methoxy groups -OCH3 is 1. The summed E-state index contributed by atoms with van der Waals surface area (Å²) in [6.07, 6.45) is 1.63. The van der Waals surface area contributed by atoms with Crippen molar-refractivity contribution in [3.8, 4) is 5.75 Å². The monoisotopic (exact) mass is 249 g/mol. The lowest BCUT2D eigenvalue weighted by atomic mass is 10.0. The number of aryl methyl sites for hydroxylation is 1. The third kappa shape index (κ3) is 3.03. The Hall–Kier alpha value is -1.97. The van der Waals surface area contributed by atoms with Crippen LogP contribution in [0.4, 0.5) is 0 Å². The lowest BCUT2D eigenvalue weighted by molar-refractivity contribution is -0.138. The summed E-state index contributed by atoms with van der Waals surface area (Å²) in [5, 5.41) is 0. The van der Waals surface area contributed by atoms with E-state index in [1.54, 1.807) is 20.1 Å². The summed E-state index contributed by atoms with van der Waals surface area (Å²) in [7, 11) is 1.61. The Morgan fingerprint density at radius 1 is 1.39 bits per heavy atom. The molecule has 0 aromatic heterocycles. The topological polar surface area (TPSA) is 61.5 Å². The van der Waals surface area contributed by atoms with Gasteiger partial charge in [0, 0.05) is 0 Å². The SMILES string of the molecule is CCOC(=O)/C(N)=C/c1c(C)ccc(OC)c1C. The molecule has 98 valence electrons. The van der Waals surface area contributed by atoms with Crippen LogP contribution in [-0.2, 0) is 9.53 Å². The fraction of sp³-hybridized carbons (Fsp3) is 0.357. The van der Waals surface area contributed by atoms with Crippen LogP contribution in [0, 0.1) is 13.8 Å². The van der Waals surface area contributed by atoms with E-state index in [2.05, 4.69) is 0 Å².